The number of hydrogen-bond acceptors (Lipinski definition) is 0. The average molecular weight is 138 g/mol. The summed E-state index contributed by atoms with van der Waals surface area (Å²) in [5, 5.41) is 0.458. The van der Waals surface area contributed by atoms with Crippen molar-refractivity contribution in [2.45, 2.75) is 57.6 Å². The Kier molecular flexibility index (Phi) is 2.33. The molecule has 1 fully saturated rings. The van der Waals surface area contributed by atoms with E-state index in [2.05, 4.69) is 14.1 Å². The van der Waals surface area contributed by atoms with E-state index in [0.717, 1.165) is 6.42 Å². The van der Waals surface area contributed by atoms with Crippen LogP contribution >= 0.6 is 0 Å². The van der Waals surface area contributed by atoms with Crippen molar-refractivity contribution in [2.24, 2.45) is 0 Å². The summed E-state index contributed by atoms with van der Waals surface area (Å²) in [7, 11) is 2.35. The summed E-state index contributed by atoms with van der Waals surface area (Å²) in [4.78, 5) is 0. The van der Waals surface area contributed by atoms with Gasteiger partial charge in [0, 0.05) is 1.37 Å². The van der Waals surface area contributed by atoms with Crippen LogP contribution in [0.4, 0.5) is 0 Å². The zero-order valence-electron chi connectivity index (χ0n) is 8.03. The van der Waals surface area contributed by atoms with E-state index in [4.69, 9.17) is 1.37 Å². The second kappa shape index (κ2) is 3.45. The minimum atomic E-state index is 0.458. The standard InChI is InChI=1S/C9H18B/c1-3-9(10-2)7-5-4-6-8-9/h3-8H2,1-2H3/i1D. The lowest BCUT2D eigenvalue weighted by molar-refractivity contribution is 0.365. The van der Waals surface area contributed by atoms with E-state index in [0.29, 0.717) is 12.2 Å². The molecule has 0 aromatic heterocycles. The van der Waals surface area contributed by atoms with Crippen molar-refractivity contribution in [1.29, 1.82) is 0 Å². The van der Waals surface area contributed by atoms with Crippen molar-refractivity contribution in [2.75, 3.05) is 0 Å². The lowest BCUT2D eigenvalue weighted by Crippen LogP contribution is -2.20. The topological polar surface area (TPSA) is 0 Å². The lowest BCUT2D eigenvalue weighted by Gasteiger charge is -2.35. The first kappa shape index (κ1) is 6.76. The van der Waals surface area contributed by atoms with Gasteiger partial charge in [-0.3, -0.25) is 0 Å². The third-order valence-corrected chi connectivity index (χ3v) is 2.96. The summed E-state index contributed by atoms with van der Waals surface area (Å²) >= 11 is 0. The summed E-state index contributed by atoms with van der Waals surface area (Å²) in [6.07, 6.45) is 7.93. The molecular weight excluding hydrogens is 119 g/mol. The Labute approximate surface area is 67.0 Å². The van der Waals surface area contributed by atoms with Crippen LogP contribution in [0.25, 0.3) is 0 Å². The van der Waals surface area contributed by atoms with Crippen LogP contribution in [-0.2, 0) is 0 Å². The molecule has 0 heterocycles. The Hall–Kier alpha value is 0.0649. The van der Waals surface area contributed by atoms with Crippen molar-refractivity contribution >= 4 is 7.28 Å². The zero-order valence-corrected chi connectivity index (χ0v) is 7.03. The molecule has 0 aliphatic heterocycles. The Balaban J connectivity index is 2.42. The monoisotopic (exact) mass is 138 g/mol. The van der Waals surface area contributed by atoms with Gasteiger partial charge >= 0.3 is 0 Å². The smallest absolute Gasteiger partial charge is 0.0914 e. The summed E-state index contributed by atoms with van der Waals surface area (Å²) in [5.41, 5.74) is 0. The molecule has 1 heteroatoms. The molecule has 57 valence electrons. The molecule has 1 radical (unpaired) electrons. The lowest BCUT2D eigenvalue weighted by atomic mass is 9.47. The molecule has 0 aromatic rings. The van der Waals surface area contributed by atoms with E-state index in [1.807, 2.05) is 0 Å². The van der Waals surface area contributed by atoms with Gasteiger partial charge in [-0.05, 0) is 0 Å². The molecule has 1 saturated carbocycles. The third-order valence-electron chi connectivity index (χ3n) is 2.96. The minimum Gasteiger partial charge on any atom is -0.0914 e. The average Bonchev–Trinajstić information content (AvgIpc) is 2.07. The molecule has 0 N–H and O–H groups in total. The first-order valence-corrected chi connectivity index (χ1v) is 4.43. The van der Waals surface area contributed by atoms with E-state index in [-0.39, 0.29) is 0 Å². The largest absolute Gasteiger partial charge is 0.114 e. The van der Waals surface area contributed by atoms with Gasteiger partial charge in [0.25, 0.3) is 0 Å². The van der Waals surface area contributed by atoms with Gasteiger partial charge in [0.15, 0.2) is 0 Å². The van der Waals surface area contributed by atoms with Crippen molar-refractivity contribution in [3.8, 4) is 0 Å². The van der Waals surface area contributed by atoms with Crippen molar-refractivity contribution in [3.05, 3.63) is 0 Å². The maximum Gasteiger partial charge on any atom is 0.114 e. The normalized spacial score (nSPS) is 25.5. The van der Waals surface area contributed by atoms with Gasteiger partial charge in [0.2, 0.25) is 0 Å². The first-order chi connectivity index (χ1) is 5.33. The van der Waals surface area contributed by atoms with Gasteiger partial charge in [-0.25, -0.2) is 0 Å². The highest BCUT2D eigenvalue weighted by Crippen LogP contribution is 2.44. The molecule has 1 aliphatic rings. The molecule has 0 saturated heterocycles. The Morgan fingerprint density at radius 3 is 2.60 bits per heavy atom. The highest BCUT2D eigenvalue weighted by molar-refractivity contribution is 6.38. The van der Waals surface area contributed by atoms with Gasteiger partial charge in [0.1, 0.15) is 7.28 Å². The van der Waals surface area contributed by atoms with E-state index < -0.39 is 0 Å². The molecular formula is C9H18B. The van der Waals surface area contributed by atoms with Crippen LogP contribution in [-0.4, -0.2) is 7.28 Å². The van der Waals surface area contributed by atoms with E-state index in [1.54, 1.807) is 0 Å². The maximum absolute atomic E-state index is 7.25. The van der Waals surface area contributed by atoms with Crippen LogP contribution in [0.5, 0.6) is 0 Å². The van der Waals surface area contributed by atoms with E-state index in [9.17, 15) is 0 Å². The molecule has 0 unspecified atom stereocenters. The minimum absolute atomic E-state index is 0.458. The zero-order chi connectivity index (χ0) is 8.16. The van der Waals surface area contributed by atoms with Crippen molar-refractivity contribution < 1.29 is 1.37 Å². The Bertz CT molecular complexity index is 103. The van der Waals surface area contributed by atoms with Crippen LogP contribution < -0.4 is 0 Å². The molecule has 10 heavy (non-hydrogen) atoms. The molecule has 1 aliphatic carbocycles. The van der Waals surface area contributed by atoms with Gasteiger partial charge in [-0.15, -0.1) is 0 Å². The predicted octanol–water partition coefficient (Wildman–Crippen LogP) is 3.27. The van der Waals surface area contributed by atoms with E-state index >= 15 is 0 Å². The van der Waals surface area contributed by atoms with Gasteiger partial charge in [-0.1, -0.05) is 57.6 Å². The van der Waals surface area contributed by atoms with E-state index in [1.165, 1.54) is 32.1 Å². The van der Waals surface area contributed by atoms with Crippen LogP contribution in [0.3, 0.4) is 0 Å². The summed E-state index contributed by atoms with van der Waals surface area (Å²) < 4.78 is 7.25. The summed E-state index contributed by atoms with van der Waals surface area (Å²) in [5.74, 6) is 0. The maximum atomic E-state index is 7.25. The molecule has 1 rings (SSSR count). The molecule has 0 atom stereocenters. The van der Waals surface area contributed by atoms with Crippen molar-refractivity contribution in [3.63, 3.8) is 0 Å². The molecule has 0 bridgehead atoms. The van der Waals surface area contributed by atoms with Crippen LogP contribution in [0, 0.1) is 0 Å². The Morgan fingerprint density at radius 2 is 2.10 bits per heavy atom. The number of hydrogen-bond donors (Lipinski definition) is 0. The van der Waals surface area contributed by atoms with Crippen LogP contribution in [0.2, 0.25) is 12.1 Å². The quantitative estimate of drug-likeness (QED) is 0.513. The molecule has 0 aromatic carbocycles. The fourth-order valence-corrected chi connectivity index (χ4v) is 1.94. The third kappa shape index (κ3) is 1.56. The summed E-state index contributed by atoms with van der Waals surface area (Å²) in [6, 6.07) is 0. The van der Waals surface area contributed by atoms with Gasteiger partial charge in [-0.2, -0.15) is 0 Å². The van der Waals surface area contributed by atoms with Gasteiger partial charge < -0.3 is 0 Å². The second-order valence-corrected chi connectivity index (χ2v) is 3.46. The molecule has 0 nitrogen and oxygen atoms in total. The SMILES string of the molecule is [2H]CCC1([B]C)CCCCC1. The second-order valence-electron chi connectivity index (χ2n) is 3.46. The first-order valence-electron chi connectivity index (χ1n) is 5.13. The fraction of sp³-hybridized carbons (Fsp3) is 1.00. The van der Waals surface area contributed by atoms with Crippen LogP contribution in [0.15, 0.2) is 0 Å². The molecule has 0 amide bonds. The predicted molar refractivity (Wildman–Crippen MR) is 47.7 cm³/mol. The summed E-state index contributed by atoms with van der Waals surface area (Å²) in [6.45, 7) is 2.77. The highest BCUT2D eigenvalue weighted by Gasteiger charge is 2.27. The number of rotatable bonds is 2. The Morgan fingerprint density at radius 1 is 1.40 bits per heavy atom. The highest BCUT2D eigenvalue weighted by atomic mass is 14.3. The van der Waals surface area contributed by atoms with Crippen LogP contribution in [0.1, 0.15) is 46.8 Å². The van der Waals surface area contributed by atoms with Crippen molar-refractivity contribution in [1.82, 2.24) is 0 Å². The fourth-order valence-electron chi connectivity index (χ4n) is 1.94. The van der Waals surface area contributed by atoms with Gasteiger partial charge in [0.05, 0.1) is 0 Å². The molecule has 0 spiro atoms.